The van der Waals surface area contributed by atoms with E-state index in [9.17, 15) is 26.8 Å². The second kappa shape index (κ2) is 7.08. The minimum Gasteiger partial charge on any atom is -0.451 e. The first-order chi connectivity index (χ1) is 11.6. The molecule has 2 aromatic rings. The molecule has 0 saturated heterocycles. The molecule has 0 radical (unpaired) electrons. The number of benzene rings is 2. The van der Waals surface area contributed by atoms with Crippen molar-refractivity contribution >= 4 is 21.8 Å². The highest BCUT2D eigenvalue weighted by Crippen LogP contribution is 2.17. The van der Waals surface area contributed by atoms with Gasteiger partial charge in [-0.05, 0) is 49.4 Å². The molecule has 0 heterocycles. The van der Waals surface area contributed by atoms with Gasteiger partial charge in [-0.15, -0.1) is 0 Å². The van der Waals surface area contributed by atoms with Gasteiger partial charge in [-0.3, -0.25) is 4.79 Å². The number of carbonyl (C=O) groups excluding carboxylic acids is 2. The Hall–Kier alpha value is -2.65. The molecule has 0 amide bonds. The minimum atomic E-state index is -4.14. The summed E-state index contributed by atoms with van der Waals surface area (Å²) >= 11 is 0. The van der Waals surface area contributed by atoms with E-state index in [4.69, 9.17) is 9.88 Å². The van der Waals surface area contributed by atoms with Crippen molar-refractivity contribution in [1.29, 1.82) is 0 Å². The third-order valence-electron chi connectivity index (χ3n) is 3.27. The monoisotopic (exact) mass is 369 g/mol. The van der Waals surface area contributed by atoms with Gasteiger partial charge in [-0.1, -0.05) is 0 Å². The van der Waals surface area contributed by atoms with E-state index >= 15 is 0 Å². The fraction of sp³-hybridized carbons (Fsp3) is 0.125. The number of primary sulfonamides is 1. The smallest absolute Gasteiger partial charge is 0.341 e. The van der Waals surface area contributed by atoms with Crippen LogP contribution in [0.5, 0.6) is 0 Å². The number of carbonyl (C=O) groups is 2. The van der Waals surface area contributed by atoms with Crippen LogP contribution >= 0.6 is 0 Å². The molecule has 0 aliphatic rings. The van der Waals surface area contributed by atoms with Crippen molar-refractivity contribution in [2.24, 2.45) is 5.14 Å². The summed E-state index contributed by atoms with van der Waals surface area (Å²) in [6.07, 6.45) is -1.30. The first-order valence-corrected chi connectivity index (χ1v) is 8.47. The van der Waals surface area contributed by atoms with Crippen LogP contribution in [-0.4, -0.2) is 26.3 Å². The number of sulfonamides is 1. The molecule has 2 rings (SSSR count). The highest BCUT2D eigenvalue weighted by Gasteiger charge is 2.23. The Labute approximate surface area is 142 Å². The molecule has 9 heteroatoms. The number of ketones is 1. The topological polar surface area (TPSA) is 104 Å². The molecule has 0 saturated carbocycles. The van der Waals surface area contributed by atoms with Crippen molar-refractivity contribution in [2.75, 3.05) is 0 Å². The lowest BCUT2D eigenvalue weighted by Gasteiger charge is -2.13. The second-order valence-electron chi connectivity index (χ2n) is 5.11. The Kier molecular flexibility index (Phi) is 5.29. The second-order valence-corrected chi connectivity index (χ2v) is 6.67. The summed E-state index contributed by atoms with van der Waals surface area (Å²) < 4.78 is 54.1. The lowest BCUT2D eigenvalue weighted by Crippen LogP contribution is -2.25. The molecule has 132 valence electrons. The molecular formula is C16H13F2NO5S. The normalized spacial score (nSPS) is 12.5. The summed E-state index contributed by atoms with van der Waals surface area (Å²) in [6, 6.07) is 6.93. The molecule has 2 N–H and O–H groups in total. The van der Waals surface area contributed by atoms with Crippen molar-refractivity contribution in [3.8, 4) is 0 Å². The number of halogens is 2. The number of hydrogen-bond acceptors (Lipinski definition) is 5. The maximum Gasteiger partial charge on any atom is 0.341 e. The fourth-order valence-corrected chi connectivity index (χ4v) is 2.50. The zero-order valence-electron chi connectivity index (χ0n) is 12.9. The van der Waals surface area contributed by atoms with Crippen LogP contribution in [0, 0.1) is 11.6 Å². The van der Waals surface area contributed by atoms with Crippen molar-refractivity contribution in [3.05, 3.63) is 65.2 Å². The van der Waals surface area contributed by atoms with E-state index in [-0.39, 0.29) is 5.56 Å². The van der Waals surface area contributed by atoms with E-state index < -0.39 is 50.0 Å². The molecule has 0 aliphatic heterocycles. The highest BCUT2D eigenvalue weighted by molar-refractivity contribution is 7.89. The molecule has 0 bridgehead atoms. The number of nitrogens with two attached hydrogens (primary N) is 1. The maximum atomic E-state index is 13.8. The number of hydrogen-bond donors (Lipinski definition) is 1. The van der Waals surface area contributed by atoms with Gasteiger partial charge in [-0.2, -0.15) is 0 Å². The van der Waals surface area contributed by atoms with Crippen molar-refractivity contribution in [1.82, 2.24) is 0 Å². The van der Waals surface area contributed by atoms with Crippen molar-refractivity contribution in [3.63, 3.8) is 0 Å². The average molecular weight is 369 g/mol. The molecule has 0 unspecified atom stereocenters. The zero-order valence-corrected chi connectivity index (χ0v) is 13.7. The molecule has 2 aromatic carbocycles. The van der Waals surface area contributed by atoms with E-state index in [1.165, 1.54) is 19.1 Å². The number of Topliss-reactive ketones (excluding diaryl/α,β-unsaturated/α-hetero) is 1. The van der Waals surface area contributed by atoms with Gasteiger partial charge in [0.25, 0.3) is 0 Å². The summed E-state index contributed by atoms with van der Waals surface area (Å²) in [7, 11) is -4.14. The van der Waals surface area contributed by atoms with Crippen molar-refractivity contribution < 1.29 is 31.5 Å². The zero-order chi connectivity index (χ0) is 18.8. The lowest BCUT2D eigenvalue weighted by atomic mass is 10.1. The molecule has 25 heavy (non-hydrogen) atoms. The van der Waals surface area contributed by atoms with Gasteiger partial charge in [0, 0.05) is 5.56 Å². The molecule has 0 spiro atoms. The number of ether oxygens (including phenoxy) is 1. The van der Waals surface area contributed by atoms with E-state index in [0.29, 0.717) is 0 Å². The molecular weight excluding hydrogens is 356 g/mol. The Bertz CT molecular complexity index is 926. The van der Waals surface area contributed by atoms with Gasteiger partial charge in [0.2, 0.25) is 15.8 Å². The summed E-state index contributed by atoms with van der Waals surface area (Å²) in [5.74, 6) is -3.43. The first kappa shape index (κ1) is 18.7. The fourth-order valence-electron chi connectivity index (χ4n) is 1.96. The molecule has 1 atom stereocenters. The van der Waals surface area contributed by atoms with Gasteiger partial charge < -0.3 is 4.74 Å². The summed E-state index contributed by atoms with van der Waals surface area (Å²) in [6.45, 7) is 1.25. The largest absolute Gasteiger partial charge is 0.451 e. The lowest BCUT2D eigenvalue weighted by molar-refractivity contribution is 0.0314. The SMILES string of the molecule is C[C@@H](OC(=O)c1cc(S(N)(=O)=O)ccc1F)C(=O)c1ccc(F)cc1. The van der Waals surface area contributed by atoms with Crippen molar-refractivity contribution in [2.45, 2.75) is 17.9 Å². The highest BCUT2D eigenvalue weighted by atomic mass is 32.2. The van der Waals surface area contributed by atoms with Crippen LogP contribution in [0.4, 0.5) is 8.78 Å². The maximum absolute atomic E-state index is 13.8. The Morgan fingerprint density at radius 2 is 1.68 bits per heavy atom. The molecule has 0 fully saturated rings. The number of esters is 1. The minimum absolute atomic E-state index is 0.0976. The van der Waals surface area contributed by atoms with E-state index in [1.54, 1.807) is 0 Å². The first-order valence-electron chi connectivity index (χ1n) is 6.92. The van der Waals surface area contributed by atoms with Gasteiger partial charge in [0.05, 0.1) is 10.5 Å². The Morgan fingerprint density at radius 3 is 2.24 bits per heavy atom. The molecule has 0 aliphatic carbocycles. The van der Waals surface area contributed by atoms with Crippen LogP contribution in [0.15, 0.2) is 47.4 Å². The summed E-state index contributed by atoms with van der Waals surface area (Å²) in [5, 5.41) is 4.93. The summed E-state index contributed by atoms with van der Waals surface area (Å²) in [4.78, 5) is 23.7. The Balaban J connectivity index is 2.21. The van der Waals surface area contributed by atoms with E-state index in [2.05, 4.69) is 0 Å². The van der Waals surface area contributed by atoms with Gasteiger partial charge >= 0.3 is 5.97 Å². The van der Waals surface area contributed by atoms with Crippen LogP contribution in [0.25, 0.3) is 0 Å². The van der Waals surface area contributed by atoms with Gasteiger partial charge in [0.1, 0.15) is 11.6 Å². The van der Waals surface area contributed by atoms with Gasteiger partial charge in [-0.25, -0.2) is 27.1 Å². The average Bonchev–Trinajstić information content (AvgIpc) is 2.54. The van der Waals surface area contributed by atoms with Crippen LogP contribution < -0.4 is 5.14 Å². The van der Waals surface area contributed by atoms with E-state index in [1.807, 2.05) is 0 Å². The quantitative estimate of drug-likeness (QED) is 0.642. The molecule has 0 aromatic heterocycles. The third kappa shape index (κ3) is 4.46. The summed E-state index contributed by atoms with van der Waals surface area (Å²) in [5.41, 5.74) is -0.578. The van der Waals surface area contributed by atoms with Crippen LogP contribution in [0.3, 0.4) is 0 Å². The van der Waals surface area contributed by atoms with Crippen LogP contribution in [-0.2, 0) is 14.8 Å². The Morgan fingerprint density at radius 1 is 1.08 bits per heavy atom. The van der Waals surface area contributed by atoms with Crippen LogP contribution in [0.2, 0.25) is 0 Å². The number of rotatable bonds is 5. The van der Waals surface area contributed by atoms with E-state index in [0.717, 1.165) is 30.3 Å². The predicted octanol–water partition coefficient (Wildman–Crippen LogP) is 2.04. The third-order valence-corrected chi connectivity index (χ3v) is 4.18. The van der Waals surface area contributed by atoms with Gasteiger partial charge in [0.15, 0.2) is 6.10 Å². The van der Waals surface area contributed by atoms with Crippen LogP contribution in [0.1, 0.15) is 27.6 Å². The molecule has 6 nitrogen and oxygen atoms in total. The standard InChI is InChI=1S/C16H13F2NO5S/c1-9(15(20)10-2-4-11(17)5-3-10)24-16(21)13-8-12(25(19,22)23)6-7-14(13)18/h2-9H,1H3,(H2,19,22,23)/t9-/m1/s1. The predicted molar refractivity (Wildman–Crippen MR) is 83.4 cm³/mol.